The van der Waals surface area contributed by atoms with Crippen LogP contribution in [0, 0.1) is 13.8 Å². The molecular weight excluding hydrogens is 350 g/mol. The first-order chi connectivity index (χ1) is 12.5. The van der Waals surface area contributed by atoms with E-state index in [1.54, 1.807) is 18.4 Å². The summed E-state index contributed by atoms with van der Waals surface area (Å²) >= 11 is 1.67. The third-order valence-electron chi connectivity index (χ3n) is 4.83. The maximum atomic E-state index is 12.0. The normalized spacial score (nSPS) is 17.2. The Morgan fingerprint density at radius 1 is 1.31 bits per heavy atom. The highest BCUT2D eigenvalue weighted by molar-refractivity contribution is 7.09. The van der Waals surface area contributed by atoms with Crippen LogP contribution in [-0.2, 0) is 11.3 Å². The van der Waals surface area contributed by atoms with Gasteiger partial charge in [0, 0.05) is 38.1 Å². The standard InChI is InChI=1S/C19H25N3O3S/c1-13-10-16(25-3)4-5-17(13)18(19(23)24)22-8-6-21(7-9-22)11-15-12-26-14(2)20-15/h4-5,10,12,18H,6-9,11H2,1-3H3,(H,23,24)/t18-/m0/s1. The van der Waals surface area contributed by atoms with Gasteiger partial charge in [0.15, 0.2) is 0 Å². The third-order valence-corrected chi connectivity index (χ3v) is 5.65. The second kappa shape index (κ2) is 8.16. The molecule has 6 nitrogen and oxygen atoms in total. The van der Waals surface area contributed by atoms with Gasteiger partial charge in [0.05, 0.1) is 17.8 Å². The molecule has 0 bridgehead atoms. The summed E-state index contributed by atoms with van der Waals surface area (Å²) in [5.74, 6) is -0.0550. The maximum Gasteiger partial charge on any atom is 0.325 e. The first-order valence-corrected chi connectivity index (χ1v) is 9.60. The van der Waals surface area contributed by atoms with Gasteiger partial charge in [-0.15, -0.1) is 11.3 Å². The van der Waals surface area contributed by atoms with Gasteiger partial charge in [-0.2, -0.15) is 0 Å². The molecule has 1 aliphatic rings. The highest BCUT2D eigenvalue weighted by Crippen LogP contribution is 2.28. The minimum absolute atomic E-state index is 0.621. The van der Waals surface area contributed by atoms with Gasteiger partial charge in [-0.25, -0.2) is 4.98 Å². The lowest BCUT2D eigenvalue weighted by Crippen LogP contribution is -2.49. The molecule has 7 heteroatoms. The van der Waals surface area contributed by atoms with E-state index in [0.29, 0.717) is 0 Å². The van der Waals surface area contributed by atoms with Gasteiger partial charge in [-0.1, -0.05) is 6.07 Å². The molecule has 0 amide bonds. The van der Waals surface area contributed by atoms with E-state index in [0.717, 1.165) is 60.3 Å². The number of aliphatic carboxylic acids is 1. The van der Waals surface area contributed by atoms with Crippen molar-refractivity contribution in [1.82, 2.24) is 14.8 Å². The van der Waals surface area contributed by atoms with E-state index in [1.165, 1.54) is 0 Å². The van der Waals surface area contributed by atoms with Crippen LogP contribution < -0.4 is 4.74 Å². The molecule has 2 heterocycles. The van der Waals surface area contributed by atoms with Crippen LogP contribution in [0.2, 0.25) is 0 Å². The van der Waals surface area contributed by atoms with E-state index in [9.17, 15) is 9.90 Å². The number of aryl methyl sites for hydroxylation is 2. The zero-order valence-corrected chi connectivity index (χ0v) is 16.3. The number of carbonyl (C=O) groups is 1. The van der Waals surface area contributed by atoms with Gasteiger partial charge in [-0.3, -0.25) is 14.6 Å². The number of rotatable bonds is 6. The molecule has 1 aromatic heterocycles. The predicted octanol–water partition coefficient (Wildman–Crippen LogP) is 2.71. The van der Waals surface area contributed by atoms with Crippen molar-refractivity contribution in [2.24, 2.45) is 0 Å². The number of ether oxygens (including phenoxy) is 1. The summed E-state index contributed by atoms with van der Waals surface area (Å²) in [6.45, 7) is 7.93. The van der Waals surface area contributed by atoms with Gasteiger partial charge < -0.3 is 9.84 Å². The Labute approximate surface area is 158 Å². The number of methoxy groups -OCH3 is 1. The lowest BCUT2D eigenvalue weighted by molar-refractivity contribution is -0.144. The van der Waals surface area contributed by atoms with Crippen LogP contribution >= 0.6 is 11.3 Å². The molecule has 1 atom stereocenters. The van der Waals surface area contributed by atoms with Crippen molar-refractivity contribution in [3.05, 3.63) is 45.4 Å². The minimum atomic E-state index is -0.804. The SMILES string of the molecule is COc1ccc([C@@H](C(=O)O)N2CCN(Cc3csc(C)n3)CC2)c(C)c1. The molecule has 1 fully saturated rings. The molecular formula is C19H25N3O3S. The Hall–Kier alpha value is -1.96. The first-order valence-electron chi connectivity index (χ1n) is 8.72. The topological polar surface area (TPSA) is 65.9 Å². The zero-order valence-electron chi connectivity index (χ0n) is 15.4. The summed E-state index contributed by atoms with van der Waals surface area (Å²) in [4.78, 5) is 20.9. The average Bonchev–Trinajstić information content (AvgIpc) is 3.02. The minimum Gasteiger partial charge on any atom is -0.497 e. The van der Waals surface area contributed by atoms with Crippen LogP contribution in [0.1, 0.15) is 27.9 Å². The second-order valence-electron chi connectivity index (χ2n) is 6.63. The summed E-state index contributed by atoms with van der Waals surface area (Å²) in [5, 5.41) is 13.0. The molecule has 0 saturated carbocycles. The monoisotopic (exact) mass is 375 g/mol. The number of nitrogens with zero attached hydrogens (tertiary/aromatic N) is 3. The van der Waals surface area contributed by atoms with Crippen molar-refractivity contribution in [3.8, 4) is 5.75 Å². The number of aromatic nitrogens is 1. The molecule has 3 rings (SSSR count). The number of benzene rings is 1. The van der Waals surface area contributed by atoms with Gasteiger partial charge in [0.2, 0.25) is 0 Å². The van der Waals surface area contributed by atoms with E-state index >= 15 is 0 Å². The van der Waals surface area contributed by atoms with Crippen LogP contribution in [0.25, 0.3) is 0 Å². The number of hydrogen-bond donors (Lipinski definition) is 1. The van der Waals surface area contributed by atoms with Crippen molar-refractivity contribution >= 4 is 17.3 Å². The van der Waals surface area contributed by atoms with Crippen LogP contribution in [0.5, 0.6) is 5.75 Å². The van der Waals surface area contributed by atoms with Crippen molar-refractivity contribution in [2.45, 2.75) is 26.4 Å². The molecule has 0 unspecified atom stereocenters. The van der Waals surface area contributed by atoms with Gasteiger partial charge in [-0.05, 0) is 37.1 Å². The first kappa shape index (κ1) is 18.8. The fourth-order valence-electron chi connectivity index (χ4n) is 3.46. The summed E-state index contributed by atoms with van der Waals surface area (Å²) in [6, 6.07) is 4.98. The van der Waals surface area contributed by atoms with E-state index in [4.69, 9.17) is 4.74 Å². The van der Waals surface area contributed by atoms with Crippen molar-refractivity contribution < 1.29 is 14.6 Å². The second-order valence-corrected chi connectivity index (χ2v) is 7.70. The van der Waals surface area contributed by atoms with E-state index in [2.05, 4.69) is 20.2 Å². The molecule has 0 radical (unpaired) electrons. The average molecular weight is 375 g/mol. The summed E-state index contributed by atoms with van der Waals surface area (Å²) in [7, 11) is 1.62. The fourth-order valence-corrected chi connectivity index (χ4v) is 4.06. The zero-order chi connectivity index (χ0) is 18.7. The predicted molar refractivity (Wildman–Crippen MR) is 102 cm³/mol. The Balaban J connectivity index is 1.68. The Bertz CT molecular complexity index is 769. The van der Waals surface area contributed by atoms with E-state index in [1.807, 2.05) is 32.0 Å². The largest absolute Gasteiger partial charge is 0.497 e. The molecule has 1 aromatic carbocycles. The molecule has 1 saturated heterocycles. The Morgan fingerprint density at radius 2 is 2.04 bits per heavy atom. The Morgan fingerprint density at radius 3 is 2.58 bits per heavy atom. The molecule has 1 N–H and O–H groups in total. The molecule has 26 heavy (non-hydrogen) atoms. The number of thiazole rings is 1. The summed E-state index contributed by atoms with van der Waals surface area (Å²) in [6.07, 6.45) is 0. The van der Waals surface area contributed by atoms with Crippen LogP contribution in [-0.4, -0.2) is 59.1 Å². The molecule has 0 spiro atoms. The molecule has 0 aliphatic carbocycles. The van der Waals surface area contributed by atoms with Gasteiger partial charge >= 0.3 is 5.97 Å². The van der Waals surface area contributed by atoms with E-state index in [-0.39, 0.29) is 0 Å². The van der Waals surface area contributed by atoms with Crippen molar-refractivity contribution in [2.75, 3.05) is 33.3 Å². The Kier molecular flexibility index (Phi) is 5.90. The van der Waals surface area contributed by atoms with Gasteiger partial charge in [0.1, 0.15) is 11.8 Å². The molecule has 1 aliphatic heterocycles. The number of hydrogen-bond acceptors (Lipinski definition) is 6. The highest BCUT2D eigenvalue weighted by Gasteiger charge is 2.31. The molecule has 140 valence electrons. The third kappa shape index (κ3) is 4.23. The quantitative estimate of drug-likeness (QED) is 0.837. The lowest BCUT2D eigenvalue weighted by Gasteiger charge is -2.38. The smallest absolute Gasteiger partial charge is 0.325 e. The van der Waals surface area contributed by atoms with E-state index < -0.39 is 12.0 Å². The van der Waals surface area contributed by atoms with Crippen molar-refractivity contribution in [3.63, 3.8) is 0 Å². The van der Waals surface area contributed by atoms with Crippen LogP contribution in [0.15, 0.2) is 23.6 Å². The number of piperazine rings is 1. The maximum absolute atomic E-state index is 12.0. The number of carboxylic acid groups (broad SMARTS) is 1. The van der Waals surface area contributed by atoms with Crippen LogP contribution in [0.3, 0.4) is 0 Å². The van der Waals surface area contributed by atoms with Crippen LogP contribution in [0.4, 0.5) is 0 Å². The highest BCUT2D eigenvalue weighted by atomic mass is 32.1. The summed E-state index contributed by atoms with van der Waals surface area (Å²) in [5.41, 5.74) is 2.88. The van der Waals surface area contributed by atoms with Crippen molar-refractivity contribution in [1.29, 1.82) is 0 Å². The van der Waals surface area contributed by atoms with Gasteiger partial charge in [0.25, 0.3) is 0 Å². The number of carboxylic acids is 1. The lowest BCUT2D eigenvalue weighted by atomic mass is 9.99. The fraction of sp³-hybridized carbons (Fsp3) is 0.474. The summed E-state index contributed by atoms with van der Waals surface area (Å²) < 4.78 is 5.24. The molecule has 2 aromatic rings.